The number of nitrogens with one attached hydrogen (secondary N) is 1. The van der Waals surface area contributed by atoms with Gasteiger partial charge in [0.05, 0.1) is 11.4 Å². The summed E-state index contributed by atoms with van der Waals surface area (Å²) in [6.07, 6.45) is 3.11. The molecule has 5 heteroatoms. The molecule has 1 aromatic carbocycles. The van der Waals surface area contributed by atoms with Crippen molar-refractivity contribution in [1.82, 2.24) is 4.90 Å². The van der Waals surface area contributed by atoms with Gasteiger partial charge in [0.1, 0.15) is 5.82 Å². The topological polar surface area (TPSA) is 58.4 Å². The molecule has 108 valence electrons. The van der Waals surface area contributed by atoms with E-state index in [4.69, 9.17) is 5.73 Å². The third-order valence-corrected chi connectivity index (χ3v) is 4.12. The Hall–Kier alpha value is -1.78. The summed E-state index contributed by atoms with van der Waals surface area (Å²) in [6.45, 7) is 2.37. The van der Waals surface area contributed by atoms with Crippen molar-refractivity contribution in [3.63, 3.8) is 0 Å². The maximum atomic E-state index is 13.2. The number of halogens is 1. The molecule has 1 saturated heterocycles. The number of anilines is 2. The van der Waals surface area contributed by atoms with Gasteiger partial charge in [0, 0.05) is 25.6 Å². The largest absolute Gasteiger partial charge is 0.397 e. The first-order valence-electron chi connectivity index (χ1n) is 7.21. The summed E-state index contributed by atoms with van der Waals surface area (Å²) in [5.74, 6) is 0.734. The highest BCUT2D eigenvalue weighted by atomic mass is 19.1. The molecule has 1 aliphatic carbocycles. The summed E-state index contributed by atoms with van der Waals surface area (Å²) < 4.78 is 13.2. The van der Waals surface area contributed by atoms with E-state index in [1.165, 1.54) is 12.1 Å². The zero-order valence-corrected chi connectivity index (χ0v) is 11.4. The molecule has 1 heterocycles. The first-order chi connectivity index (χ1) is 9.63. The van der Waals surface area contributed by atoms with Crippen LogP contribution in [-0.4, -0.2) is 30.4 Å². The van der Waals surface area contributed by atoms with Gasteiger partial charge in [0.25, 0.3) is 0 Å². The smallest absolute Gasteiger partial charge is 0.225 e. The zero-order valence-electron chi connectivity index (χ0n) is 11.4. The molecule has 1 aliphatic heterocycles. The number of benzene rings is 1. The fourth-order valence-electron chi connectivity index (χ4n) is 2.72. The van der Waals surface area contributed by atoms with Crippen LogP contribution in [-0.2, 0) is 4.79 Å². The van der Waals surface area contributed by atoms with Crippen LogP contribution in [0.1, 0.15) is 19.3 Å². The molecule has 0 unspecified atom stereocenters. The van der Waals surface area contributed by atoms with E-state index < -0.39 is 0 Å². The van der Waals surface area contributed by atoms with Gasteiger partial charge in [-0.1, -0.05) is 0 Å². The fourth-order valence-corrected chi connectivity index (χ4v) is 2.72. The summed E-state index contributed by atoms with van der Waals surface area (Å²) in [6, 6.07) is 4.33. The van der Waals surface area contributed by atoms with Crippen LogP contribution in [0.25, 0.3) is 0 Å². The number of hydrogen-bond acceptors (Lipinski definition) is 3. The number of carbonyl (C=O) groups is 1. The molecule has 4 nitrogen and oxygen atoms in total. The molecule has 3 N–H and O–H groups in total. The van der Waals surface area contributed by atoms with Crippen LogP contribution in [0.3, 0.4) is 0 Å². The third-order valence-electron chi connectivity index (χ3n) is 4.12. The summed E-state index contributed by atoms with van der Waals surface area (Å²) in [4.78, 5) is 13.9. The van der Waals surface area contributed by atoms with Gasteiger partial charge in [0.2, 0.25) is 5.91 Å². The van der Waals surface area contributed by atoms with Gasteiger partial charge in [0.15, 0.2) is 0 Å². The van der Waals surface area contributed by atoms with E-state index in [-0.39, 0.29) is 5.82 Å². The van der Waals surface area contributed by atoms with Gasteiger partial charge >= 0.3 is 0 Å². The number of rotatable bonds is 4. The second kappa shape index (κ2) is 5.31. The average molecular weight is 277 g/mol. The van der Waals surface area contributed by atoms with E-state index in [1.807, 2.05) is 4.90 Å². The highest BCUT2D eigenvalue weighted by Crippen LogP contribution is 2.33. The van der Waals surface area contributed by atoms with E-state index in [1.54, 1.807) is 6.07 Å². The van der Waals surface area contributed by atoms with E-state index in [0.717, 1.165) is 38.9 Å². The van der Waals surface area contributed by atoms with Gasteiger partial charge in [-0.05, 0) is 43.4 Å². The van der Waals surface area contributed by atoms with E-state index >= 15 is 0 Å². The molecule has 0 aromatic heterocycles. The van der Waals surface area contributed by atoms with E-state index in [0.29, 0.717) is 29.1 Å². The molecule has 0 radical (unpaired) electrons. The first kappa shape index (κ1) is 13.2. The fraction of sp³-hybridized carbons (Fsp3) is 0.533. The second-order valence-corrected chi connectivity index (χ2v) is 5.83. The summed E-state index contributed by atoms with van der Waals surface area (Å²) in [5.41, 5.74) is 6.99. The maximum absolute atomic E-state index is 13.2. The van der Waals surface area contributed by atoms with Gasteiger partial charge in [-0.15, -0.1) is 0 Å². The number of likely N-dealkylation sites (tertiary alicyclic amines) is 1. The molecule has 1 amide bonds. The van der Waals surface area contributed by atoms with Crippen LogP contribution in [0.15, 0.2) is 18.2 Å². The Bertz CT molecular complexity index is 516. The molecule has 0 bridgehead atoms. The van der Waals surface area contributed by atoms with Crippen molar-refractivity contribution >= 4 is 17.3 Å². The van der Waals surface area contributed by atoms with Crippen LogP contribution < -0.4 is 11.1 Å². The normalized spacial score (nSPS) is 22.1. The third kappa shape index (κ3) is 2.86. The zero-order chi connectivity index (χ0) is 14.1. The molecule has 1 atom stereocenters. The molecular formula is C15H20FN3O. The van der Waals surface area contributed by atoms with Crippen LogP contribution in [0.2, 0.25) is 0 Å². The van der Waals surface area contributed by atoms with Crippen LogP contribution >= 0.6 is 0 Å². The molecule has 2 fully saturated rings. The Morgan fingerprint density at radius 1 is 1.40 bits per heavy atom. The highest BCUT2D eigenvalue weighted by molar-refractivity contribution is 5.81. The molecule has 0 spiro atoms. The molecular weight excluding hydrogens is 257 g/mol. The lowest BCUT2D eigenvalue weighted by Gasteiger charge is -2.17. The SMILES string of the molecule is Nc1ccc(F)cc1NC[C@@H]1CCN(C(=O)C2CC2)C1. The predicted octanol–water partition coefficient (Wildman–Crippen LogP) is 2.08. The molecule has 2 aliphatic rings. The average Bonchev–Trinajstić information content (AvgIpc) is 3.18. The monoisotopic (exact) mass is 277 g/mol. The molecule has 3 rings (SSSR count). The highest BCUT2D eigenvalue weighted by Gasteiger charge is 2.36. The van der Waals surface area contributed by atoms with Crippen molar-refractivity contribution in [2.75, 3.05) is 30.7 Å². The number of nitrogens with zero attached hydrogens (tertiary/aromatic N) is 1. The summed E-state index contributed by atoms with van der Waals surface area (Å²) >= 11 is 0. The van der Waals surface area contributed by atoms with E-state index in [2.05, 4.69) is 5.32 Å². The Morgan fingerprint density at radius 2 is 2.20 bits per heavy atom. The number of carbonyl (C=O) groups excluding carboxylic acids is 1. The molecule has 1 saturated carbocycles. The Kier molecular flexibility index (Phi) is 3.51. The number of amides is 1. The maximum Gasteiger partial charge on any atom is 0.225 e. The van der Waals surface area contributed by atoms with Gasteiger partial charge < -0.3 is 16.0 Å². The lowest BCUT2D eigenvalue weighted by atomic mass is 10.1. The van der Waals surface area contributed by atoms with Crippen molar-refractivity contribution in [2.45, 2.75) is 19.3 Å². The van der Waals surface area contributed by atoms with Crippen LogP contribution in [0.4, 0.5) is 15.8 Å². The molecule has 20 heavy (non-hydrogen) atoms. The number of nitrogen functional groups attached to an aromatic ring is 1. The lowest BCUT2D eigenvalue weighted by Crippen LogP contribution is -2.30. The number of hydrogen-bond donors (Lipinski definition) is 2. The lowest BCUT2D eigenvalue weighted by molar-refractivity contribution is -0.131. The Morgan fingerprint density at radius 3 is 2.95 bits per heavy atom. The van der Waals surface area contributed by atoms with E-state index in [9.17, 15) is 9.18 Å². The van der Waals surface area contributed by atoms with Crippen molar-refractivity contribution < 1.29 is 9.18 Å². The van der Waals surface area contributed by atoms with Crippen molar-refractivity contribution in [3.8, 4) is 0 Å². The predicted molar refractivity (Wildman–Crippen MR) is 76.7 cm³/mol. The quantitative estimate of drug-likeness (QED) is 0.828. The standard InChI is InChI=1S/C15H20FN3O/c16-12-3-4-13(17)14(7-12)18-8-10-5-6-19(9-10)15(20)11-1-2-11/h3-4,7,10-11,18H,1-2,5-6,8-9,17H2/t10-/m0/s1. The Labute approximate surface area is 118 Å². The summed E-state index contributed by atoms with van der Waals surface area (Å²) in [5, 5.41) is 3.20. The minimum Gasteiger partial charge on any atom is -0.397 e. The second-order valence-electron chi connectivity index (χ2n) is 5.83. The minimum absolute atomic E-state index is 0.292. The molecule has 1 aromatic rings. The van der Waals surface area contributed by atoms with Crippen molar-refractivity contribution in [3.05, 3.63) is 24.0 Å². The van der Waals surface area contributed by atoms with Crippen molar-refractivity contribution in [1.29, 1.82) is 0 Å². The number of nitrogens with two attached hydrogens (primary N) is 1. The van der Waals surface area contributed by atoms with Gasteiger partial charge in [-0.3, -0.25) is 4.79 Å². The van der Waals surface area contributed by atoms with Crippen LogP contribution in [0, 0.1) is 17.7 Å². The summed E-state index contributed by atoms with van der Waals surface area (Å²) in [7, 11) is 0. The Balaban J connectivity index is 1.52. The van der Waals surface area contributed by atoms with Crippen LogP contribution in [0.5, 0.6) is 0 Å². The van der Waals surface area contributed by atoms with Gasteiger partial charge in [-0.2, -0.15) is 0 Å². The first-order valence-corrected chi connectivity index (χ1v) is 7.21. The van der Waals surface area contributed by atoms with Crippen molar-refractivity contribution in [2.24, 2.45) is 11.8 Å². The minimum atomic E-state index is -0.293. The van der Waals surface area contributed by atoms with Gasteiger partial charge in [-0.25, -0.2) is 4.39 Å².